The van der Waals surface area contributed by atoms with E-state index in [0.29, 0.717) is 11.6 Å². The first-order valence-electron chi connectivity index (χ1n) is 9.31. The molecule has 0 bridgehead atoms. The number of hydrogen-bond donors (Lipinski definition) is 0. The van der Waals surface area contributed by atoms with Gasteiger partial charge in [-0.2, -0.15) is 0 Å². The summed E-state index contributed by atoms with van der Waals surface area (Å²) in [6, 6.07) is 14.5. The van der Waals surface area contributed by atoms with Gasteiger partial charge in [-0.1, -0.05) is 32.0 Å². The number of fused-ring (bicyclic) bond motifs is 3. The molecule has 3 heteroatoms. The summed E-state index contributed by atoms with van der Waals surface area (Å²) < 4.78 is 8.43. The van der Waals surface area contributed by atoms with Gasteiger partial charge in [-0.15, -0.1) is 0 Å². The van der Waals surface area contributed by atoms with Crippen molar-refractivity contribution in [2.75, 3.05) is 0 Å². The third-order valence-electron chi connectivity index (χ3n) is 5.11. The smallest absolute Gasteiger partial charge is 0.216 e. The van der Waals surface area contributed by atoms with Gasteiger partial charge in [-0.05, 0) is 42.5 Å². The zero-order valence-corrected chi connectivity index (χ0v) is 16.2. The van der Waals surface area contributed by atoms with Gasteiger partial charge in [0.05, 0.1) is 12.1 Å². The lowest BCUT2D eigenvalue weighted by Gasteiger charge is -2.07. The van der Waals surface area contributed by atoms with Crippen LogP contribution in [0.1, 0.15) is 25.0 Å². The zero-order chi connectivity index (χ0) is 19.1. The molecule has 0 saturated heterocycles. The topological polar surface area (TPSA) is 21.4 Å². The third kappa shape index (κ3) is 2.88. The van der Waals surface area contributed by atoms with E-state index in [0.717, 1.165) is 45.2 Å². The summed E-state index contributed by atoms with van der Waals surface area (Å²) in [6.45, 7) is 14.0. The molecule has 2 heterocycles. The van der Waals surface area contributed by atoms with Gasteiger partial charge in [0.25, 0.3) is 0 Å². The van der Waals surface area contributed by atoms with Gasteiger partial charge < -0.3 is 4.42 Å². The highest BCUT2D eigenvalue weighted by atomic mass is 16.3. The number of pyridine rings is 1. The molecule has 0 aliphatic heterocycles. The van der Waals surface area contributed by atoms with E-state index >= 15 is 0 Å². The number of nitrogens with zero attached hydrogens (tertiary/aromatic N) is 2. The molecule has 0 fully saturated rings. The first kappa shape index (κ1) is 17.3. The highest BCUT2D eigenvalue weighted by molar-refractivity contribution is 6.10. The van der Waals surface area contributed by atoms with Crippen molar-refractivity contribution in [2.24, 2.45) is 13.0 Å². The van der Waals surface area contributed by atoms with Gasteiger partial charge >= 0.3 is 0 Å². The molecule has 0 spiro atoms. The lowest BCUT2D eigenvalue weighted by Crippen LogP contribution is -2.30. The Kier molecular flexibility index (Phi) is 4.20. The Morgan fingerprint density at radius 2 is 1.93 bits per heavy atom. The standard InChI is InChI=1S/C24H23N2O/c1-15(2)12-17-13-19-18-10-9-16(3)23(21-8-6-7-11-26(21)5)24(18)27-22(19)14-20(17)25-4/h6-11,13-15H,12H2,1-3,5H3/q+1. The maximum absolute atomic E-state index is 7.56. The fraction of sp³-hybridized carbons (Fsp3) is 0.250. The molecule has 0 N–H and O–H groups in total. The number of benzene rings is 2. The molecule has 0 atom stereocenters. The quantitative estimate of drug-likeness (QED) is 0.320. The third-order valence-corrected chi connectivity index (χ3v) is 5.11. The molecule has 0 unspecified atom stereocenters. The number of hydrogen-bond acceptors (Lipinski definition) is 1. The van der Waals surface area contributed by atoms with Crippen LogP contribution in [0.4, 0.5) is 5.69 Å². The van der Waals surface area contributed by atoms with Gasteiger partial charge in [-0.25, -0.2) is 9.41 Å². The molecule has 0 radical (unpaired) electrons. The predicted octanol–water partition coefficient (Wildman–Crippen LogP) is 6.14. The number of aromatic nitrogens is 1. The van der Waals surface area contributed by atoms with Crippen LogP contribution in [0, 0.1) is 19.4 Å². The Labute approximate surface area is 159 Å². The maximum Gasteiger partial charge on any atom is 0.216 e. The molecule has 0 aliphatic rings. The first-order chi connectivity index (χ1) is 13.0. The van der Waals surface area contributed by atoms with E-state index in [2.05, 4.69) is 54.4 Å². The van der Waals surface area contributed by atoms with Crippen LogP contribution >= 0.6 is 0 Å². The highest BCUT2D eigenvalue weighted by Gasteiger charge is 2.21. The summed E-state index contributed by atoms with van der Waals surface area (Å²) in [5.41, 5.74) is 6.88. The van der Waals surface area contributed by atoms with E-state index < -0.39 is 0 Å². The lowest BCUT2D eigenvalue weighted by atomic mass is 9.97. The van der Waals surface area contributed by atoms with Crippen LogP contribution in [-0.4, -0.2) is 0 Å². The Morgan fingerprint density at radius 3 is 2.63 bits per heavy atom. The van der Waals surface area contributed by atoms with Crippen LogP contribution in [0.5, 0.6) is 0 Å². The van der Waals surface area contributed by atoms with Crippen LogP contribution in [0.15, 0.2) is 53.1 Å². The van der Waals surface area contributed by atoms with Crippen molar-refractivity contribution in [1.29, 1.82) is 0 Å². The van der Waals surface area contributed by atoms with Gasteiger partial charge in [-0.3, -0.25) is 0 Å². The summed E-state index contributed by atoms with van der Waals surface area (Å²) in [4.78, 5) is 3.74. The summed E-state index contributed by atoms with van der Waals surface area (Å²) >= 11 is 0. The van der Waals surface area contributed by atoms with Crippen molar-refractivity contribution in [3.05, 3.63) is 71.2 Å². The molecule has 27 heavy (non-hydrogen) atoms. The van der Waals surface area contributed by atoms with E-state index in [-0.39, 0.29) is 0 Å². The van der Waals surface area contributed by atoms with Gasteiger partial charge in [0.15, 0.2) is 11.9 Å². The lowest BCUT2D eigenvalue weighted by molar-refractivity contribution is -0.660. The molecule has 3 nitrogen and oxygen atoms in total. The maximum atomic E-state index is 7.56. The summed E-state index contributed by atoms with van der Waals surface area (Å²) in [6.07, 6.45) is 2.95. The minimum absolute atomic E-state index is 0.502. The highest BCUT2D eigenvalue weighted by Crippen LogP contribution is 2.39. The molecule has 0 amide bonds. The van der Waals surface area contributed by atoms with Crippen molar-refractivity contribution in [3.8, 4) is 11.3 Å². The predicted molar refractivity (Wildman–Crippen MR) is 110 cm³/mol. The molecule has 4 aromatic rings. The van der Waals surface area contributed by atoms with Gasteiger partial charge in [0.2, 0.25) is 5.69 Å². The van der Waals surface area contributed by atoms with Crippen molar-refractivity contribution < 1.29 is 8.98 Å². The average molecular weight is 355 g/mol. The number of furan rings is 1. The Bertz CT molecular complexity index is 1210. The van der Waals surface area contributed by atoms with E-state index in [1.807, 2.05) is 31.4 Å². The Hall–Kier alpha value is -3.12. The van der Waals surface area contributed by atoms with Crippen LogP contribution in [0.3, 0.4) is 0 Å². The second-order valence-electron chi connectivity index (χ2n) is 7.62. The normalized spacial score (nSPS) is 11.4. The summed E-state index contributed by atoms with van der Waals surface area (Å²) in [5.74, 6) is 0.502. The fourth-order valence-corrected chi connectivity index (χ4v) is 3.83. The minimum atomic E-state index is 0.502. The fourth-order valence-electron chi connectivity index (χ4n) is 3.83. The van der Waals surface area contributed by atoms with Crippen LogP contribution in [0.25, 0.3) is 38.0 Å². The van der Waals surface area contributed by atoms with Gasteiger partial charge in [0, 0.05) is 22.9 Å². The second kappa shape index (κ2) is 6.55. The molecule has 0 saturated carbocycles. The largest absolute Gasteiger partial charge is 0.456 e. The van der Waals surface area contributed by atoms with E-state index in [1.165, 1.54) is 5.56 Å². The SMILES string of the molecule is [C-]#[N+]c1cc2oc3c(-c4cccc[n+]4C)c(C)ccc3c2cc1CC(C)C. The van der Waals surface area contributed by atoms with Crippen molar-refractivity contribution in [1.82, 2.24) is 0 Å². The number of aryl methyl sites for hydroxylation is 2. The average Bonchev–Trinajstić information content (AvgIpc) is 2.99. The number of rotatable bonds is 3. The molecule has 4 rings (SSSR count). The summed E-state index contributed by atoms with van der Waals surface area (Å²) in [7, 11) is 2.05. The van der Waals surface area contributed by atoms with Crippen LogP contribution in [0.2, 0.25) is 0 Å². The molecular formula is C24H23N2O+. The van der Waals surface area contributed by atoms with E-state index in [9.17, 15) is 0 Å². The van der Waals surface area contributed by atoms with Crippen molar-refractivity contribution in [3.63, 3.8) is 0 Å². The van der Waals surface area contributed by atoms with Gasteiger partial charge in [0.1, 0.15) is 18.2 Å². The van der Waals surface area contributed by atoms with Crippen LogP contribution < -0.4 is 4.57 Å². The monoisotopic (exact) mass is 355 g/mol. The minimum Gasteiger partial charge on any atom is -0.456 e. The molecule has 0 aliphatic carbocycles. The molecular weight excluding hydrogens is 332 g/mol. The molecule has 134 valence electrons. The van der Waals surface area contributed by atoms with Crippen molar-refractivity contribution >= 4 is 27.6 Å². The Balaban J connectivity index is 2.07. The Morgan fingerprint density at radius 1 is 1.11 bits per heavy atom. The molecule has 2 aromatic carbocycles. The van der Waals surface area contributed by atoms with Crippen LogP contribution in [-0.2, 0) is 13.5 Å². The zero-order valence-electron chi connectivity index (χ0n) is 16.2. The second-order valence-corrected chi connectivity index (χ2v) is 7.62. The first-order valence-corrected chi connectivity index (χ1v) is 9.31. The summed E-state index contributed by atoms with van der Waals surface area (Å²) in [5, 5.41) is 2.20. The van der Waals surface area contributed by atoms with E-state index in [1.54, 1.807) is 0 Å². The molecule has 2 aromatic heterocycles. The van der Waals surface area contributed by atoms with Crippen molar-refractivity contribution in [2.45, 2.75) is 27.2 Å². The van der Waals surface area contributed by atoms with E-state index in [4.69, 9.17) is 11.0 Å².